The fraction of sp³-hybridized carbons (Fsp3) is 0.400. The van der Waals surface area contributed by atoms with Gasteiger partial charge >= 0.3 is 0 Å². The zero-order valence-electron chi connectivity index (χ0n) is 16.0. The fourth-order valence-corrected chi connectivity index (χ4v) is 4.12. The molecule has 0 radical (unpaired) electrons. The quantitative estimate of drug-likeness (QED) is 0.754. The topological polar surface area (TPSA) is 124 Å². The van der Waals surface area contributed by atoms with Crippen LogP contribution in [0.5, 0.6) is 11.5 Å². The highest BCUT2D eigenvalue weighted by Crippen LogP contribution is 2.41. The van der Waals surface area contributed by atoms with E-state index in [1.807, 2.05) is 24.3 Å². The number of rotatable bonds is 5. The third-order valence-electron chi connectivity index (χ3n) is 4.77. The van der Waals surface area contributed by atoms with E-state index in [4.69, 9.17) is 9.47 Å². The lowest BCUT2D eigenvalue weighted by Gasteiger charge is -2.34. The van der Waals surface area contributed by atoms with Gasteiger partial charge in [-0.15, -0.1) is 0 Å². The molecule has 0 aromatic heterocycles. The Kier molecular flexibility index (Phi) is 6.00. The summed E-state index contributed by atoms with van der Waals surface area (Å²) in [6.07, 6.45) is -0.308. The summed E-state index contributed by atoms with van der Waals surface area (Å²) in [5, 5.41) is 24.4. The number of hydrogen-bond acceptors (Lipinski definition) is 7. The van der Waals surface area contributed by atoms with Crippen LogP contribution in [0.4, 0.5) is 0 Å². The molecule has 0 unspecified atom stereocenters. The van der Waals surface area contributed by atoms with Crippen LogP contribution in [0.1, 0.15) is 13.8 Å². The molecule has 3 rings (SSSR count). The molecule has 1 aromatic rings. The summed E-state index contributed by atoms with van der Waals surface area (Å²) in [5.41, 5.74) is -0.632. The van der Waals surface area contributed by atoms with E-state index in [0.29, 0.717) is 28.7 Å². The van der Waals surface area contributed by atoms with Crippen LogP contribution < -0.4 is 20.1 Å². The number of hydrogen-bond donors (Lipinski definition) is 2. The number of carbonyl (C=O) groups excluding carboxylic acids is 2. The van der Waals surface area contributed by atoms with Crippen LogP contribution >= 0.6 is 11.8 Å². The molecule has 2 aliphatic heterocycles. The summed E-state index contributed by atoms with van der Waals surface area (Å²) in [4.78, 5) is 24.4. The molecule has 9 heteroatoms. The van der Waals surface area contributed by atoms with Gasteiger partial charge in [-0.05, 0) is 12.1 Å². The summed E-state index contributed by atoms with van der Waals surface area (Å²) in [6, 6.07) is 11.3. The fourth-order valence-electron chi connectivity index (χ4n) is 3.11. The van der Waals surface area contributed by atoms with Crippen molar-refractivity contribution in [3.8, 4) is 23.6 Å². The Morgan fingerprint density at radius 1 is 1.34 bits per heavy atom. The van der Waals surface area contributed by atoms with Crippen molar-refractivity contribution in [1.82, 2.24) is 10.6 Å². The molecule has 150 valence electrons. The molecule has 8 nitrogen and oxygen atoms in total. The number of nitrogens with one attached hydrogen (secondary N) is 2. The molecule has 2 N–H and O–H groups in total. The van der Waals surface area contributed by atoms with E-state index >= 15 is 0 Å². The summed E-state index contributed by atoms with van der Waals surface area (Å²) in [5.74, 6) is -0.370. The van der Waals surface area contributed by atoms with Crippen molar-refractivity contribution < 1.29 is 19.1 Å². The minimum Gasteiger partial charge on any atom is -0.486 e. The third-order valence-corrected chi connectivity index (χ3v) is 5.78. The van der Waals surface area contributed by atoms with Gasteiger partial charge in [-0.2, -0.15) is 10.5 Å². The number of thioether (sulfide) groups is 1. The Bertz CT molecular complexity index is 945. The van der Waals surface area contributed by atoms with Crippen LogP contribution in [0.15, 0.2) is 34.9 Å². The Morgan fingerprint density at radius 2 is 2.07 bits per heavy atom. The van der Waals surface area contributed by atoms with Gasteiger partial charge in [0, 0.05) is 5.41 Å². The molecule has 29 heavy (non-hydrogen) atoms. The monoisotopic (exact) mass is 412 g/mol. The molecule has 0 saturated carbocycles. The second kappa shape index (κ2) is 8.46. The number of ether oxygens (including phenoxy) is 2. The molecule has 2 aliphatic rings. The number of para-hydroxylation sites is 2. The first-order valence-electron chi connectivity index (χ1n) is 9.00. The highest BCUT2D eigenvalue weighted by molar-refractivity contribution is 8.03. The van der Waals surface area contributed by atoms with Gasteiger partial charge in [0.15, 0.2) is 11.5 Å². The van der Waals surface area contributed by atoms with Crippen molar-refractivity contribution in [2.75, 3.05) is 18.9 Å². The average Bonchev–Trinajstić information content (AvgIpc) is 2.70. The number of amides is 2. The largest absolute Gasteiger partial charge is 0.486 e. The van der Waals surface area contributed by atoms with Crippen LogP contribution in [-0.4, -0.2) is 36.8 Å². The molecule has 0 aliphatic carbocycles. The lowest BCUT2D eigenvalue weighted by atomic mass is 9.72. The highest BCUT2D eigenvalue weighted by atomic mass is 32.2. The van der Waals surface area contributed by atoms with Crippen molar-refractivity contribution in [2.45, 2.75) is 20.0 Å². The normalized spacial score (nSPS) is 22.1. The number of nitrogens with zero attached hydrogens (tertiary/aromatic N) is 2. The van der Waals surface area contributed by atoms with Gasteiger partial charge in [-0.1, -0.05) is 37.7 Å². The Hall–Kier alpha value is -3.17. The number of fused-ring (bicyclic) bond motifs is 1. The van der Waals surface area contributed by atoms with Gasteiger partial charge in [-0.3, -0.25) is 9.59 Å². The van der Waals surface area contributed by atoms with Gasteiger partial charge in [0.05, 0.1) is 35.0 Å². The zero-order valence-corrected chi connectivity index (χ0v) is 16.8. The molecular formula is C20H20N4O4S. The first-order chi connectivity index (χ1) is 13.9. The molecule has 0 bridgehead atoms. The minimum atomic E-state index is -0.957. The number of benzene rings is 1. The second-order valence-corrected chi connectivity index (χ2v) is 8.16. The van der Waals surface area contributed by atoms with Gasteiger partial charge in [-0.25, -0.2) is 0 Å². The van der Waals surface area contributed by atoms with Crippen molar-refractivity contribution in [3.05, 3.63) is 34.9 Å². The van der Waals surface area contributed by atoms with E-state index in [9.17, 15) is 20.1 Å². The lowest BCUT2D eigenvalue weighted by Crippen LogP contribution is -2.45. The molecular weight excluding hydrogens is 392 g/mol. The Balaban J connectivity index is 1.55. The van der Waals surface area contributed by atoms with E-state index < -0.39 is 17.2 Å². The van der Waals surface area contributed by atoms with Gasteiger partial charge < -0.3 is 20.1 Å². The summed E-state index contributed by atoms with van der Waals surface area (Å²) < 4.78 is 11.4. The maximum absolute atomic E-state index is 12.2. The highest BCUT2D eigenvalue weighted by Gasteiger charge is 2.44. The smallest absolute Gasteiger partial charge is 0.243 e. The predicted octanol–water partition coefficient (Wildman–Crippen LogP) is 1.71. The van der Waals surface area contributed by atoms with Crippen molar-refractivity contribution >= 4 is 23.6 Å². The number of nitriles is 2. The number of carbonyl (C=O) groups is 2. The molecule has 0 saturated heterocycles. The lowest BCUT2D eigenvalue weighted by molar-refractivity contribution is -0.125. The van der Waals surface area contributed by atoms with Crippen LogP contribution in [0, 0.1) is 34.0 Å². The average molecular weight is 412 g/mol. The van der Waals surface area contributed by atoms with Crippen molar-refractivity contribution in [1.29, 1.82) is 10.5 Å². The first kappa shape index (κ1) is 20.6. The number of allylic oxidation sites excluding steroid dienone is 1. The molecule has 0 spiro atoms. The van der Waals surface area contributed by atoms with Crippen LogP contribution in [0.25, 0.3) is 0 Å². The van der Waals surface area contributed by atoms with Crippen LogP contribution in [0.3, 0.4) is 0 Å². The molecule has 0 fully saturated rings. The third kappa shape index (κ3) is 4.30. The van der Waals surface area contributed by atoms with Crippen molar-refractivity contribution in [2.24, 2.45) is 11.3 Å². The Labute approximate surface area is 172 Å². The zero-order chi connectivity index (χ0) is 21.0. The predicted molar refractivity (Wildman–Crippen MR) is 105 cm³/mol. The summed E-state index contributed by atoms with van der Waals surface area (Å²) >= 11 is 1.06. The van der Waals surface area contributed by atoms with Crippen LogP contribution in [0.2, 0.25) is 0 Å². The van der Waals surface area contributed by atoms with E-state index in [0.717, 1.165) is 11.8 Å². The van der Waals surface area contributed by atoms with E-state index in [2.05, 4.69) is 16.7 Å². The maximum Gasteiger partial charge on any atom is 0.243 e. The van der Waals surface area contributed by atoms with E-state index in [-0.39, 0.29) is 24.3 Å². The summed E-state index contributed by atoms with van der Waals surface area (Å²) in [7, 11) is 0. The van der Waals surface area contributed by atoms with Crippen molar-refractivity contribution in [3.63, 3.8) is 0 Å². The molecule has 2 amide bonds. The van der Waals surface area contributed by atoms with Gasteiger partial charge in [0.2, 0.25) is 11.8 Å². The maximum atomic E-state index is 12.2. The van der Waals surface area contributed by atoms with E-state index in [1.165, 1.54) is 0 Å². The standard InChI is InChI=1S/C20H20N4O4S/c1-20(2)13(7-21)18(26)24-19(14(20)8-22)29-11-17(25)23-9-12-10-27-15-5-3-4-6-16(15)28-12/h3-6,12-13H,9-11H2,1-2H3,(H,23,25)(H,24,26)/t12-,13-/m0/s1. The molecule has 2 atom stereocenters. The Morgan fingerprint density at radius 3 is 2.76 bits per heavy atom. The minimum absolute atomic E-state index is 0.0122. The van der Waals surface area contributed by atoms with Gasteiger partial charge in [0.1, 0.15) is 18.6 Å². The van der Waals surface area contributed by atoms with Crippen LogP contribution in [-0.2, 0) is 9.59 Å². The first-order valence-corrected chi connectivity index (χ1v) is 9.98. The van der Waals surface area contributed by atoms with Gasteiger partial charge in [0.25, 0.3) is 0 Å². The molecule has 2 heterocycles. The SMILES string of the molecule is CC1(C)C(C#N)=C(SCC(=O)NC[C@H]2COc3ccccc3O2)NC(=O)[C@@H]1C#N. The second-order valence-electron chi connectivity index (χ2n) is 7.18. The summed E-state index contributed by atoms with van der Waals surface area (Å²) in [6.45, 7) is 3.95. The van der Waals surface area contributed by atoms with E-state index in [1.54, 1.807) is 19.9 Å². The molecule has 1 aromatic carbocycles.